The van der Waals surface area contributed by atoms with E-state index in [4.69, 9.17) is 4.74 Å². The fraction of sp³-hybridized carbons (Fsp3) is 0.333. The fourth-order valence-corrected chi connectivity index (χ4v) is 3.86. The van der Waals surface area contributed by atoms with Gasteiger partial charge in [0.2, 0.25) is 11.7 Å². The Bertz CT molecular complexity index is 1140. The number of aromatic nitrogens is 6. The van der Waals surface area contributed by atoms with Crippen LogP contribution >= 0.6 is 0 Å². The van der Waals surface area contributed by atoms with Gasteiger partial charge in [0.15, 0.2) is 0 Å². The second-order valence-corrected chi connectivity index (χ2v) is 7.68. The first-order valence-corrected chi connectivity index (χ1v) is 10.9. The monoisotopic (exact) mass is 432 g/mol. The van der Waals surface area contributed by atoms with Gasteiger partial charge in [0, 0.05) is 24.6 Å². The molecule has 0 fully saturated rings. The standard InChI is InChI=1S/C24H28N6O2/c1-3-4-9-22-21(24(30(2)27-22)32-15-14-31)16-17-10-12-18(13-11-17)19-7-5-6-8-20(19)23-25-28-29-26-23/h5-8,10-13,31H,3-4,9,14-16H2,1-2H3,(H,25,26,28,29). The average molecular weight is 433 g/mol. The van der Waals surface area contributed by atoms with Gasteiger partial charge in [0.25, 0.3) is 0 Å². The van der Waals surface area contributed by atoms with E-state index in [0.717, 1.165) is 59.5 Å². The molecule has 32 heavy (non-hydrogen) atoms. The highest BCUT2D eigenvalue weighted by Crippen LogP contribution is 2.31. The zero-order valence-corrected chi connectivity index (χ0v) is 18.5. The summed E-state index contributed by atoms with van der Waals surface area (Å²) in [5.41, 5.74) is 6.40. The largest absolute Gasteiger partial charge is 0.475 e. The minimum absolute atomic E-state index is 0.0244. The van der Waals surface area contributed by atoms with Crippen LogP contribution in [0, 0.1) is 0 Å². The van der Waals surface area contributed by atoms with Crippen molar-refractivity contribution in [3.63, 3.8) is 0 Å². The van der Waals surface area contributed by atoms with Crippen molar-refractivity contribution in [1.29, 1.82) is 0 Å². The molecule has 4 rings (SSSR count). The molecule has 2 aromatic carbocycles. The number of hydrogen-bond donors (Lipinski definition) is 2. The van der Waals surface area contributed by atoms with Gasteiger partial charge in [-0.1, -0.05) is 61.9 Å². The van der Waals surface area contributed by atoms with Crippen LogP contribution in [-0.2, 0) is 19.9 Å². The normalized spacial score (nSPS) is 11.1. The molecule has 0 atom stereocenters. The Balaban J connectivity index is 1.61. The lowest BCUT2D eigenvalue weighted by atomic mass is 9.96. The van der Waals surface area contributed by atoms with Gasteiger partial charge < -0.3 is 9.84 Å². The van der Waals surface area contributed by atoms with Crippen LogP contribution in [-0.4, -0.2) is 48.7 Å². The van der Waals surface area contributed by atoms with Crippen molar-refractivity contribution in [3.8, 4) is 28.4 Å². The fourth-order valence-electron chi connectivity index (χ4n) is 3.86. The van der Waals surface area contributed by atoms with Crippen LogP contribution in [0.3, 0.4) is 0 Å². The molecule has 0 amide bonds. The van der Waals surface area contributed by atoms with Crippen LogP contribution in [0.1, 0.15) is 36.6 Å². The predicted molar refractivity (Wildman–Crippen MR) is 122 cm³/mol. The van der Waals surface area contributed by atoms with E-state index in [-0.39, 0.29) is 13.2 Å². The number of rotatable bonds is 10. The van der Waals surface area contributed by atoms with E-state index in [9.17, 15) is 5.11 Å². The van der Waals surface area contributed by atoms with Crippen LogP contribution in [0.2, 0.25) is 0 Å². The van der Waals surface area contributed by atoms with Crippen LogP contribution in [0.4, 0.5) is 0 Å². The van der Waals surface area contributed by atoms with Crippen molar-refractivity contribution >= 4 is 0 Å². The van der Waals surface area contributed by atoms with E-state index in [1.165, 1.54) is 5.56 Å². The Kier molecular flexibility index (Phi) is 6.91. The number of aromatic amines is 1. The Morgan fingerprint density at radius 2 is 1.84 bits per heavy atom. The number of benzene rings is 2. The molecule has 0 aliphatic rings. The molecule has 2 aromatic heterocycles. The lowest BCUT2D eigenvalue weighted by molar-refractivity contribution is 0.190. The van der Waals surface area contributed by atoms with Crippen molar-refractivity contribution in [2.45, 2.75) is 32.6 Å². The maximum atomic E-state index is 9.21. The first-order valence-electron chi connectivity index (χ1n) is 10.9. The lowest BCUT2D eigenvalue weighted by Gasteiger charge is -2.10. The molecule has 8 heteroatoms. The molecule has 8 nitrogen and oxygen atoms in total. The van der Waals surface area contributed by atoms with Crippen LogP contribution in [0.5, 0.6) is 5.88 Å². The van der Waals surface area contributed by atoms with Gasteiger partial charge in [-0.15, -0.1) is 10.2 Å². The lowest BCUT2D eigenvalue weighted by Crippen LogP contribution is -2.07. The molecule has 2 N–H and O–H groups in total. The zero-order chi connectivity index (χ0) is 22.3. The molecule has 0 saturated heterocycles. The molecular weight excluding hydrogens is 404 g/mol. The van der Waals surface area contributed by atoms with E-state index < -0.39 is 0 Å². The van der Waals surface area contributed by atoms with Crippen molar-refractivity contribution < 1.29 is 9.84 Å². The number of nitrogens with zero attached hydrogens (tertiary/aromatic N) is 5. The molecule has 0 aliphatic heterocycles. The number of H-pyrrole nitrogens is 1. The Labute approximate surface area is 187 Å². The van der Waals surface area contributed by atoms with Crippen LogP contribution < -0.4 is 4.74 Å². The smallest absolute Gasteiger partial charge is 0.215 e. The van der Waals surface area contributed by atoms with Crippen LogP contribution in [0.15, 0.2) is 48.5 Å². The molecule has 0 radical (unpaired) electrons. The molecule has 4 aromatic rings. The topological polar surface area (TPSA) is 102 Å². The van der Waals surface area contributed by atoms with Gasteiger partial charge in [0.05, 0.1) is 12.3 Å². The number of unbranched alkanes of at least 4 members (excludes halogenated alkanes) is 1. The molecule has 0 aliphatic carbocycles. The quantitative estimate of drug-likeness (QED) is 0.397. The maximum Gasteiger partial charge on any atom is 0.215 e. The summed E-state index contributed by atoms with van der Waals surface area (Å²) in [6.07, 6.45) is 3.82. The summed E-state index contributed by atoms with van der Waals surface area (Å²) >= 11 is 0. The molecule has 2 heterocycles. The van der Waals surface area contributed by atoms with E-state index in [1.807, 2.05) is 25.2 Å². The molecule has 0 spiro atoms. The number of hydrogen-bond acceptors (Lipinski definition) is 6. The van der Waals surface area contributed by atoms with Crippen molar-refractivity contribution in [3.05, 3.63) is 65.4 Å². The zero-order valence-electron chi connectivity index (χ0n) is 18.5. The Morgan fingerprint density at radius 3 is 2.53 bits per heavy atom. The summed E-state index contributed by atoms with van der Waals surface area (Å²) in [6.45, 7) is 2.41. The number of aliphatic hydroxyl groups is 1. The van der Waals surface area contributed by atoms with E-state index in [2.05, 4.69) is 63.0 Å². The Morgan fingerprint density at radius 1 is 1.06 bits per heavy atom. The summed E-state index contributed by atoms with van der Waals surface area (Å²) in [4.78, 5) is 0. The molecule has 0 unspecified atom stereocenters. The third-order valence-electron chi connectivity index (χ3n) is 5.43. The minimum atomic E-state index is -0.0244. The Hall–Kier alpha value is -3.52. The summed E-state index contributed by atoms with van der Waals surface area (Å²) in [6, 6.07) is 16.5. The second-order valence-electron chi connectivity index (χ2n) is 7.68. The third kappa shape index (κ3) is 4.70. The number of ether oxygens (including phenoxy) is 1. The van der Waals surface area contributed by atoms with Gasteiger partial charge in [-0.2, -0.15) is 10.3 Å². The highest BCUT2D eigenvalue weighted by molar-refractivity contribution is 5.80. The molecule has 166 valence electrons. The molecule has 0 bridgehead atoms. The van der Waals surface area contributed by atoms with Crippen LogP contribution in [0.25, 0.3) is 22.5 Å². The average Bonchev–Trinajstić information content (AvgIpc) is 3.45. The minimum Gasteiger partial charge on any atom is -0.475 e. The number of nitrogens with one attached hydrogen (secondary N) is 1. The van der Waals surface area contributed by atoms with E-state index in [0.29, 0.717) is 5.82 Å². The maximum absolute atomic E-state index is 9.21. The van der Waals surface area contributed by atoms with Gasteiger partial charge in [-0.05, 0) is 34.7 Å². The van der Waals surface area contributed by atoms with Gasteiger partial charge >= 0.3 is 0 Å². The molecule has 0 saturated carbocycles. The van der Waals surface area contributed by atoms with Gasteiger partial charge in [-0.25, -0.2) is 4.68 Å². The number of tetrazole rings is 1. The number of aliphatic hydroxyl groups excluding tert-OH is 1. The highest BCUT2D eigenvalue weighted by atomic mass is 16.5. The van der Waals surface area contributed by atoms with Crippen molar-refractivity contribution in [1.82, 2.24) is 30.4 Å². The number of aryl methyl sites for hydroxylation is 2. The second kappa shape index (κ2) is 10.2. The summed E-state index contributed by atoms with van der Waals surface area (Å²) in [7, 11) is 1.89. The summed E-state index contributed by atoms with van der Waals surface area (Å²) in [5, 5.41) is 28.4. The summed E-state index contributed by atoms with van der Waals surface area (Å²) in [5.74, 6) is 1.31. The summed E-state index contributed by atoms with van der Waals surface area (Å²) < 4.78 is 7.61. The van der Waals surface area contributed by atoms with Crippen molar-refractivity contribution in [2.75, 3.05) is 13.2 Å². The van der Waals surface area contributed by atoms with Gasteiger partial charge in [0.1, 0.15) is 6.61 Å². The highest BCUT2D eigenvalue weighted by Gasteiger charge is 2.18. The first-order chi connectivity index (χ1) is 15.7. The van der Waals surface area contributed by atoms with Crippen molar-refractivity contribution in [2.24, 2.45) is 7.05 Å². The third-order valence-corrected chi connectivity index (χ3v) is 5.43. The predicted octanol–water partition coefficient (Wildman–Crippen LogP) is 3.57. The van der Waals surface area contributed by atoms with E-state index in [1.54, 1.807) is 4.68 Å². The first kappa shape index (κ1) is 21.7. The van der Waals surface area contributed by atoms with E-state index >= 15 is 0 Å². The van der Waals surface area contributed by atoms with Gasteiger partial charge in [-0.3, -0.25) is 0 Å². The SMILES string of the molecule is CCCCc1nn(C)c(OCCO)c1Cc1ccc(-c2ccccc2-c2nn[nH]n2)cc1. The molecular formula is C24H28N6O2.